The summed E-state index contributed by atoms with van der Waals surface area (Å²) in [5, 5.41) is 0. The molecule has 0 aliphatic carbocycles. The van der Waals surface area contributed by atoms with Gasteiger partial charge in [-0.2, -0.15) is 0 Å². The number of rotatable bonds is 5. The molecule has 74 valence electrons. The summed E-state index contributed by atoms with van der Waals surface area (Å²) in [6.07, 6.45) is 0. The van der Waals surface area contributed by atoms with E-state index >= 15 is 0 Å². The Hall–Kier alpha value is -0.160. The monoisotopic (exact) mass is 176 g/mol. The molecule has 0 amide bonds. The van der Waals surface area contributed by atoms with E-state index < -0.39 is 11.2 Å². The molecule has 0 radical (unpaired) electrons. The molecule has 4 heteroatoms. The van der Waals surface area contributed by atoms with Gasteiger partial charge in [0, 0.05) is 13.1 Å². The van der Waals surface area contributed by atoms with Crippen LogP contribution in [0.1, 0.15) is 27.7 Å². The van der Waals surface area contributed by atoms with Crippen molar-refractivity contribution >= 4 is 0 Å². The summed E-state index contributed by atoms with van der Waals surface area (Å²) >= 11 is 0. The molecule has 0 heterocycles. The minimum absolute atomic E-state index is 0.410. The van der Waals surface area contributed by atoms with E-state index in [2.05, 4.69) is 0 Å². The highest BCUT2D eigenvalue weighted by Crippen LogP contribution is 2.14. The summed E-state index contributed by atoms with van der Waals surface area (Å²) in [6.45, 7) is 8.26. The highest BCUT2D eigenvalue weighted by molar-refractivity contribution is 4.69. The summed E-state index contributed by atoms with van der Waals surface area (Å²) in [5.74, 6) is 0. The smallest absolute Gasteiger partial charge is 0.110 e. The minimum atomic E-state index is -0.452. The van der Waals surface area contributed by atoms with Crippen LogP contribution in [-0.4, -0.2) is 24.3 Å². The average molecular weight is 176 g/mol. The van der Waals surface area contributed by atoms with Gasteiger partial charge < -0.3 is 11.5 Å². The van der Waals surface area contributed by atoms with Gasteiger partial charge in [-0.25, -0.2) is 9.78 Å². The van der Waals surface area contributed by atoms with Gasteiger partial charge in [0.05, 0.1) is 0 Å². The van der Waals surface area contributed by atoms with Crippen LogP contribution in [0.15, 0.2) is 0 Å². The van der Waals surface area contributed by atoms with Crippen LogP contribution in [0, 0.1) is 0 Å². The molecule has 0 aromatic carbocycles. The standard InChI is InChI=1S/C8H20N2O2/c1-7(2,5-9)11-12-8(3,4)6-10/h5-6,9-10H2,1-4H3. The molecular weight excluding hydrogens is 156 g/mol. The number of hydrogen-bond donors (Lipinski definition) is 2. The molecule has 0 aliphatic rings. The number of hydrogen-bond acceptors (Lipinski definition) is 4. The van der Waals surface area contributed by atoms with Crippen LogP contribution >= 0.6 is 0 Å². The van der Waals surface area contributed by atoms with Crippen molar-refractivity contribution in [2.24, 2.45) is 11.5 Å². The first kappa shape index (κ1) is 11.8. The summed E-state index contributed by atoms with van der Waals surface area (Å²) in [6, 6.07) is 0. The Kier molecular flexibility index (Phi) is 4.13. The predicted molar refractivity (Wildman–Crippen MR) is 48.4 cm³/mol. The van der Waals surface area contributed by atoms with E-state index in [9.17, 15) is 0 Å². The Labute approximate surface area is 74.1 Å². The van der Waals surface area contributed by atoms with Crippen LogP contribution in [0.3, 0.4) is 0 Å². The second-order valence-corrected chi connectivity index (χ2v) is 4.09. The van der Waals surface area contributed by atoms with Gasteiger partial charge in [0.1, 0.15) is 11.2 Å². The van der Waals surface area contributed by atoms with Crippen molar-refractivity contribution in [3.63, 3.8) is 0 Å². The molecule has 0 saturated heterocycles. The molecule has 4 nitrogen and oxygen atoms in total. The van der Waals surface area contributed by atoms with Crippen LogP contribution in [0.2, 0.25) is 0 Å². The quantitative estimate of drug-likeness (QED) is 0.470. The fourth-order valence-electron chi connectivity index (χ4n) is 0.294. The van der Waals surface area contributed by atoms with E-state index in [0.717, 1.165) is 0 Å². The molecular formula is C8H20N2O2. The molecule has 0 bridgehead atoms. The lowest BCUT2D eigenvalue weighted by atomic mass is 10.1. The summed E-state index contributed by atoms with van der Waals surface area (Å²) < 4.78 is 0. The van der Waals surface area contributed by atoms with Crippen LogP contribution in [-0.2, 0) is 9.78 Å². The predicted octanol–water partition coefficient (Wildman–Crippen LogP) is 0.409. The van der Waals surface area contributed by atoms with Crippen molar-refractivity contribution in [2.45, 2.75) is 38.9 Å². The lowest BCUT2D eigenvalue weighted by Crippen LogP contribution is -2.41. The third-order valence-corrected chi connectivity index (χ3v) is 1.48. The third kappa shape index (κ3) is 4.66. The van der Waals surface area contributed by atoms with E-state index in [1.54, 1.807) is 0 Å². The summed E-state index contributed by atoms with van der Waals surface area (Å²) in [5.41, 5.74) is 9.98. The molecule has 0 fully saturated rings. The first-order chi connectivity index (χ1) is 5.33. The van der Waals surface area contributed by atoms with Gasteiger partial charge in [-0.1, -0.05) is 0 Å². The van der Waals surface area contributed by atoms with E-state index in [4.69, 9.17) is 21.2 Å². The lowest BCUT2D eigenvalue weighted by molar-refractivity contribution is -0.396. The molecule has 0 unspecified atom stereocenters. The van der Waals surface area contributed by atoms with Gasteiger partial charge in [0.15, 0.2) is 0 Å². The van der Waals surface area contributed by atoms with Crippen molar-refractivity contribution in [3.05, 3.63) is 0 Å². The second kappa shape index (κ2) is 4.18. The summed E-state index contributed by atoms with van der Waals surface area (Å²) in [4.78, 5) is 10.3. The normalized spacial score (nSPS) is 13.5. The second-order valence-electron chi connectivity index (χ2n) is 4.09. The first-order valence-corrected chi connectivity index (χ1v) is 4.10. The van der Waals surface area contributed by atoms with Crippen molar-refractivity contribution in [2.75, 3.05) is 13.1 Å². The van der Waals surface area contributed by atoms with Crippen LogP contribution in [0.5, 0.6) is 0 Å². The van der Waals surface area contributed by atoms with Crippen molar-refractivity contribution < 1.29 is 9.78 Å². The maximum atomic E-state index is 5.44. The van der Waals surface area contributed by atoms with Gasteiger partial charge in [0.25, 0.3) is 0 Å². The highest BCUT2D eigenvalue weighted by Gasteiger charge is 2.24. The maximum Gasteiger partial charge on any atom is 0.110 e. The molecule has 0 saturated carbocycles. The zero-order valence-corrected chi connectivity index (χ0v) is 8.39. The van der Waals surface area contributed by atoms with Crippen LogP contribution in [0.4, 0.5) is 0 Å². The van der Waals surface area contributed by atoms with E-state index in [-0.39, 0.29) is 0 Å². The SMILES string of the molecule is CC(C)(CN)OOC(C)(C)CN. The fraction of sp³-hybridized carbons (Fsp3) is 1.00. The molecule has 12 heavy (non-hydrogen) atoms. The maximum absolute atomic E-state index is 5.44. The molecule has 0 spiro atoms. The van der Waals surface area contributed by atoms with Gasteiger partial charge in [0.2, 0.25) is 0 Å². The minimum Gasteiger partial charge on any atom is -0.328 e. The van der Waals surface area contributed by atoms with Crippen molar-refractivity contribution in [1.29, 1.82) is 0 Å². The topological polar surface area (TPSA) is 70.5 Å². The van der Waals surface area contributed by atoms with Gasteiger partial charge in [-0.05, 0) is 27.7 Å². The third-order valence-electron chi connectivity index (χ3n) is 1.48. The van der Waals surface area contributed by atoms with E-state index in [1.807, 2.05) is 27.7 Å². The largest absolute Gasteiger partial charge is 0.328 e. The Morgan fingerprint density at radius 3 is 1.25 bits per heavy atom. The molecule has 4 N–H and O–H groups in total. The molecule has 0 aromatic heterocycles. The molecule has 0 aromatic rings. The summed E-state index contributed by atoms with van der Waals surface area (Å²) in [7, 11) is 0. The molecule has 0 aliphatic heterocycles. The van der Waals surface area contributed by atoms with E-state index in [0.29, 0.717) is 13.1 Å². The Morgan fingerprint density at radius 2 is 1.08 bits per heavy atom. The highest BCUT2D eigenvalue weighted by atomic mass is 17.2. The van der Waals surface area contributed by atoms with Crippen LogP contribution < -0.4 is 11.5 Å². The molecule has 0 atom stereocenters. The van der Waals surface area contributed by atoms with Crippen molar-refractivity contribution in [1.82, 2.24) is 0 Å². The number of nitrogens with two attached hydrogens (primary N) is 2. The Balaban J connectivity index is 3.82. The zero-order chi connectivity index (χ0) is 9.83. The fourth-order valence-corrected chi connectivity index (χ4v) is 0.294. The van der Waals surface area contributed by atoms with Crippen LogP contribution in [0.25, 0.3) is 0 Å². The van der Waals surface area contributed by atoms with Gasteiger partial charge >= 0.3 is 0 Å². The lowest BCUT2D eigenvalue weighted by Gasteiger charge is -2.28. The van der Waals surface area contributed by atoms with E-state index in [1.165, 1.54) is 0 Å². The zero-order valence-electron chi connectivity index (χ0n) is 8.39. The van der Waals surface area contributed by atoms with Crippen molar-refractivity contribution in [3.8, 4) is 0 Å². The first-order valence-electron chi connectivity index (χ1n) is 4.10. The van der Waals surface area contributed by atoms with Gasteiger partial charge in [-0.15, -0.1) is 0 Å². The molecule has 0 rings (SSSR count). The Bertz CT molecular complexity index is 119. The average Bonchev–Trinajstić information content (AvgIpc) is 2.02. The Morgan fingerprint density at radius 1 is 0.833 bits per heavy atom. The van der Waals surface area contributed by atoms with Gasteiger partial charge in [-0.3, -0.25) is 0 Å².